The molecule has 0 radical (unpaired) electrons. The van der Waals surface area contributed by atoms with Crippen molar-refractivity contribution in [2.24, 2.45) is 5.73 Å². The zero-order valence-electron chi connectivity index (χ0n) is 12.3. The van der Waals surface area contributed by atoms with Gasteiger partial charge in [-0.2, -0.15) is 0 Å². The van der Waals surface area contributed by atoms with Crippen LogP contribution >= 0.6 is 0 Å². The van der Waals surface area contributed by atoms with Gasteiger partial charge >= 0.3 is 0 Å². The van der Waals surface area contributed by atoms with Gasteiger partial charge in [-0.15, -0.1) is 0 Å². The molecule has 1 aliphatic heterocycles. The number of anilines is 1. The smallest absolute Gasteiger partial charge is 0.256 e. The molecule has 2 atom stereocenters. The van der Waals surface area contributed by atoms with Gasteiger partial charge in [0.05, 0.1) is 6.10 Å². The van der Waals surface area contributed by atoms with Crippen LogP contribution in [0.5, 0.6) is 0 Å². The molecular weight excluding hydrogens is 252 g/mol. The van der Waals surface area contributed by atoms with Crippen molar-refractivity contribution < 1.29 is 9.53 Å². The van der Waals surface area contributed by atoms with Crippen molar-refractivity contribution in [3.05, 3.63) is 29.8 Å². The Hall–Kier alpha value is -1.39. The summed E-state index contributed by atoms with van der Waals surface area (Å²) in [5.74, 6) is 0.0633. The fourth-order valence-corrected chi connectivity index (χ4v) is 2.57. The molecule has 4 nitrogen and oxygen atoms in total. The first-order chi connectivity index (χ1) is 9.61. The van der Waals surface area contributed by atoms with Crippen LogP contribution < -0.4 is 10.6 Å². The number of nitrogens with zero attached hydrogens (tertiary/aromatic N) is 1. The lowest BCUT2D eigenvalue weighted by molar-refractivity contribution is -0.129. The summed E-state index contributed by atoms with van der Waals surface area (Å²) in [4.78, 5) is 14.5. The van der Waals surface area contributed by atoms with E-state index < -0.39 is 0 Å². The highest BCUT2D eigenvalue weighted by Gasteiger charge is 2.32. The van der Waals surface area contributed by atoms with E-state index >= 15 is 0 Å². The molecule has 1 amide bonds. The monoisotopic (exact) mass is 276 g/mol. The van der Waals surface area contributed by atoms with Crippen molar-refractivity contribution in [2.45, 2.75) is 45.3 Å². The van der Waals surface area contributed by atoms with Gasteiger partial charge in [0.15, 0.2) is 0 Å². The van der Waals surface area contributed by atoms with Crippen LogP contribution in [0, 0.1) is 6.92 Å². The fraction of sp³-hybridized carbons (Fsp3) is 0.562. The van der Waals surface area contributed by atoms with Crippen molar-refractivity contribution in [2.75, 3.05) is 18.0 Å². The van der Waals surface area contributed by atoms with Crippen LogP contribution in [0.1, 0.15) is 31.7 Å². The quantitative estimate of drug-likeness (QED) is 0.897. The summed E-state index contributed by atoms with van der Waals surface area (Å²) in [7, 11) is 0. The van der Waals surface area contributed by atoms with Gasteiger partial charge in [0.2, 0.25) is 0 Å². The minimum atomic E-state index is -0.303. The van der Waals surface area contributed by atoms with E-state index in [0.717, 1.165) is 30.5 Å². The summed E-state index contributed by atoms with van der Waals surface area (Å²) >= 11 is 0. The minimum Gasteiger partial charge on any atom is -0.365 e. The Labute approximate surface area is 120 Å². The van der Waals surface area contributed by atoms with Crippen molar-refractivity contribution in [1.82, 2.24) is 0 Å². The number of carbonyl (C=O) groups is 1. The highest BCUT2D eigenvalue weighted by atomic mass is 16.5. The van der Waals surface area contributed by atoms with Crippen LogP contribution in [0.15, 0.2) is 24.3 Å². The number of nitrogens with two attached hydrogens (primary N) is 1. The third-order valence-electron chi connectivity index (χ3n) is 3.67. The van der Waals surface area contributed by atoms with Gasteiger partial charge in [-0.25, -0.2) is 0 Å². The lowest BCUT2D eigenvalue weighted by Gasteiger charge is -2.26. The first kappa shape index (κ1) is 15.0. The van der Waals surface area contributed by atoms with E-state index in [9.17, 15) is 4.79 Å². The van der Waals surface area contributed by atoms with Gasteiger partial charge in [-0.1, -0.05) is 12.1 Å². The van der Waals surface area contributed by atoms with Gasteiger partial charge < -0.3 is 15.4 Å². The number of benzene rings is 1. The molecule has 4 heteroatoms. The number of hydrogen-bond donors (Lipinski definition) is 1. The second-order valence-electron chi connectivity index (χ2n) is 5.48. The Morgan fingerprint density at radius 1 is 1.45 bits per heavy atom. The summed E-state index contributed by atoms with van der Waals surface area (Å²) in [5.41, 5.74) is 7.67. The Kier molecular flexibility index (Phi) is 5.15. The molecular formula is C16H24N2O2. The molecule has 1 heterocycles. The summed E-state index contributed by atoms with van der Waals surface area (Å²) < 4.78 is 5.71. The molecule has 2 rings (SSSR count). The van der Waals surface area contributed by atoms with Gasteiger partial charge in [0.25, 0.3) is 5.91 Å². The second kappa shape index (κ2) is 6.86. The number of carbonyl (C=O) groups excluding carboxylic acids is 1. The molecule has 110 valence electrons. The van der Waals surface area contributed by atoms with Crippen LogP contribution in [0.4, 0.5) is 5.69 Å². The summed E-state index contributed by atoms with van der Waals surface area (Å²) in [5, 5.41) is 0. The molecule has 0 spiro atoms. The lowest BCUT2D eigenvalue weighted by atomic mass is 10.1. The molecule has 2 N–H and O–H groups in total. The Balaban J connectivity index is 2.16. The van der Waals surface area contributed by atoms with Gasteiger partial charge in [-0.3, -0.25) is 4.79 Å². The van der Waals surface area contributed by atoms with E-state index in [2.05, 4.69) is 0 Å². The van der Waals surface area contributed by atoms with Crippen LogP contribution in [-0.2, 0) is 9.53 Å². The molecule has 2 unspecified atom stereocenters. The summed E-state index contributed by atoms with van der Waals surface area (Å²) in [6.07, 6.45) is 2.43. The molecule has 1 aromatic rings. The molecule has 0 bridgehead atoms. The highest BCUT2D eigenvalue weighted by Crippen LogP contribution is 2.24. The highest BCUT2D eigenvalue weighted by molar-refractivity contribution is 5.96. The van der Waals surface area contributed by atoms with E-state index in [-0.39, 0.29) is 18.1 Å². The van der Waals surface area contributed by atoms with E-state index in [4.69, 9.17) is 10.5 Å². The number of rotatable bonds is 5. The molecule has 0 aromatic heterocycles. The first-order valence-corrected chi connectivity index (χ1v) is 7.35. The maximum Gasteiger partial charge on any atom is 0.256 e. The topological polar surface area (TPSA) is 55.6 Å². The summed E-state index contributed by atoms with van der Waals surface area (Å²) in [6, 6.07) is 8.02. The number of hydrogen-bond acceptors (Lipinski definition) is 3. The van der Waals surface area contributed by atoms with E-state index in [1.165, 1.54) is 0 Å². The fourth-order valence-electron chi connectivity index (χ4n) is 2.57. The SMILES string of the molecule is Cc1cccc(N(CCCN)C(=O)C2CCC(C)O2)c1. The largest absolute Gasteiger partial charge is 0.365 e. The number of ether oxygens (including phenoxy) is 1. The predicted octanol–water partition coefficient (Wildman–Crippen LogP) is 2.24. The van der Waals surface area contributed by atoms with Crippen molar-refractivity contribution in [3.8, 4) is 0 Å². The summed E-state index contributed by atoms with van der Waals surface area (Å²) in [6.45, 7) is 5.28. The maximum atomic E-state index is 12.7. The predicted molar refractivity (Wildman–Crippen MR) is 80.8 cm³/mol. The second-order valence-corrected chi connectivity index (χ2v) is 5.48. The van der Waals surface area contributed by atoms with Gasteiger partial charge in [0.1, 0.15) is 6.10 Å². The Morgan fingerprint density at radius 3 is 2.85 bits per heavy atom. The zero-order chi connectivity index (χ0) is 14.5. The van der Waals surface area contributed by atoms with E-state index in [1.54, 1.807) is 0 Å². The number of amides is 1. The molecule has 20 heavy (non-hydrogen) atoms. The van der Waals surface area contributed by atoms with Crippen LogP contribution in [0.25, 0.3) is 0 Å². The zero-order valence-corrected chi connectivity index (χ0v) is 12.3. The number of aryl methyl sites for hydroxylation is 1. The Morgan fingerprint density at radius 2 is 2.25 bits per heavy atom. The molecule has 1 aliphatic rings. The standard InChI is InChI=1S/C16H24N2O2/c1-12-5-3-6-14(11-12)18(10-4-9-17)16(19)15-8-7-13(2)20-15/h3,5-6,11,13,15H,4,7-10,17H2,1-2H3. The molecule has 1 aromatic carbocycles. The van der Waals surface area contributed by atoms with Crippen molar-refractivity contribution >= 4 is 11.6 Å². The van der Waals surface area contributed by atoms with Crippen LogP contribution in [0.2, 0.25) is 0 Å². The molecule has 1 fully saturated rings. The normalized spacial score (nSPS) is 21.9. The maximum absolute atomic E-state index is 12.7. The average Bonchev–Trinajstić information content (AvgIpc) is 2.86. The van der Waals surface area contributed by atoms with Crippen molar-refractivity contribution in [1.29, 1.82) is 0 Å². The molecule has 0 aliphatic carbocycles. The van der Waals surface area contributed by atoms with Crippen molar-refractivity contribution in [3.63, 3.8) is 0 Å². The van der Waals surface area contributed by atoms with E-state index in [0.29, 0.717) is 13.1 Å². The van der Waals surface area contributed by atoms with Gasteiger partial charge in [-0.05, 0) is 57.4 Å². The van der Waals surface area contributed by atoms with Crippen LogP contribution in [-0.4, -0.2) is 31.2 Å². The molecule has 0 saturated carbocycles. The average molecular weight is 276 g/mol. The minimum absolute atomic E-state index is 0.0633. The third-order valence-corrected chi connectivity index (χ3v) is 3.67. The van der Waals surface area contributed by atoms with Gasteiger partial charge in [0, 0.05) is 12.2 Å². The van der Waals surface area contributed by atoms with Crippen LogP contribution in [0.3, 0.4) is 0 Å². The Bertz CT molecular complexity index is 462. The first-order valence-electron chi connectivity index (χ1n) is 7.35. The lowest BCUT2D eigenvalue weighted by Crippen LogP contribution is -2.40. The van der Waals surface area contributed by atoms with E-state index in [1.807, 2.05) is 43.0 Å². The molecule has 1 saturated heterocycles. The third kappa shape index (κ3) is 3.58.